The molecule has 0 unspecified atom stereocenters. The number of rotatable bonds is 2. The van der Waals surface area contributed by atoms with Crippen molar-refractivity contribution in [3.63, 3.8) is 0 Å². The highest BCUT2D eigenvalue weighted by Gasteiger charge is 2.05. The highest BCUT2D eigenvalue weighted by molar-refractivity contribution is 5.38. The lowest BCUT2D eigenvalue weighted by molar-refractivity contribution is 0.608. The molecule has 1 rings (SSSR count). The third-order valence-corrected chi connectivity index (χ3v) is 1.63. The highest BCUT2D eigenvalue weighted by atomic mass is 19.1. The zero-order valence-corrected chi connectivity index (χ0v) is 6.55. The van der Waals surface area contributed by atoms with Gasteiger partial charge in [0.05, 0.1) is 11.6 Å². The molecular formula is C9H9FN2. The van der Waals surface area contributed by atoms with Gasteiger partial charge in [-0.15, -0.1) is 0 Å². The Kier molecular flexibility index (Phi) is 2.78. The Morgan fingerprint density at radius 3 is 2.83 bits per heavy atom. The molecule has 0 radical (unpaired) electrons. The summed E-state index contributed by atoms with van der Waals surface area (Å²) in [6.45, 7) is 0.357. The molecule has 2 N–H and O–H groups in total. The van der Waals surface area contributed by atoms with Gasteiger partial charge in [-0.2, -0.15) is 5.26 Å². The zero-order chi connectivity index (χ0) is 8.97. The summed E-state index contributed by atoms with van der Waals surface area (Å²) < 4.78 is 13.0. The Morgan fingerprint density at radius 2 is 2.25 bits per heavy atom. The number of nitrogens with zero attached hydrogens (tertiary/aromatic N) is 1. The predicted octanol–water partition coefficient (Wildman–Crippen LogP) is 1.20. The summed E-state index contributed by atoms with van der Waals surface area (Å²) in [5, 5.41) is 8.61. The fourth-order valence-electron chi connectivity index (χ4n) is 1.06. The van der Waals surface area contributed by atoms with Crippen molar-refractivity contribution in [2.45, 2.75) is 6.42 Å². The standard InChI is InChI=1S/C9H9FN2/c10-9-3-1-2-7(6-12)8(9)4-5-11/h1-3H,4-5,11H2. The molecule has 62 valence electrons. The quantitative estimate of drug-likeness (QED) is 0.714. The van der Waals surface area contributed by atoms with E-state index in [0.29, 0.717) is 24.1 Å². The van der Waals surface area contributed by atoms with Gasteiger partial charge in [-0.3, -0.25) is 0 Å². The zero-order valence-electron chi connectivity index (χ0n) is 6.55. The van der Waals surface area contributed by atoms with Crippen molar-refractivity contribution >= 4 is 0 Å². The molecule has 3 heteroatoms. The molecule has 0 saturated heterocycles. The maximum atomic E-state index is 13.0. The van der Waals surface area contributed by atoms with Crippen LogP contribution < -0.4 is 5.73 Å². The lowest BCUT2D eigenvalue weighted by Crippen LogP contribution is -2.06. The normalized spacial score (nSPS) is 9.42. The Labute approximate surface area is 70.4 Å². The molecule has 0 aliphatic rings. The van der Waals surface area contributed by atoms with Crippen molar-refractivity contribution in [2.24, 2.45) is 5.73 Å². The lowest BCUT2D eigenvalue weighted by atomic mass is 10.1. The molecule has 0 saturated carbocycles. The first-order valence-electron chi connectivity index (χ1n) is 3.67. The van der Waals surface area contributed by atoms with Gasteiger partial charge >= 0.3 is 0 Å². The van der Waals surface area contributed by atoms with Gasteiger partial charge < -0.3 is 5.73 Å². The van der Waals surface area contributed by atoms with Gasteiger partial charge in [0, 0.05) is 5.56 Å². The van der Waals surface area contributed by atoms with Gasteiger partial charge in [-0.05, 0) is 25.1 Å². The Balaban J connectivity index is 3.13. The van der Waals surface area contributed by atoms with Gasteiger partial charge in [-0.25, -0.2) is 4.39 Å². The number of benzene rings is 1. The van der Waals surface area contributed by atoms with E-state index in [4.69, 9.17) is 11.0 Å². The van der Waals surface area contributed by atoms with Gasteiger partial charge in [0.25, 0.3) is 0 Å². The summed E-state index contributed by atoms with van der Waals surface area (Å²) >= 11 is 0. The minimum absolute atomic E-state index is 0.348. The van der Waals surface area contributed by atoms with Crippen molar-refractivity contribution in [1.82, 2.24) is 0 Å². The first-order valence-corrected chi connectivity index (χ1v) is 3.67. The van der Waals surface area contributed by atoms with E-state index in [1.54, 1.807) is 6.07 Å². The molecule has 0 spiro atoms. The predicted molar refractivity (Wildman–Crippen MR) is 43.9 cm³/mol. The minimum atomic E-state index is -0.348. The third-order valence-electron chi connectivity index (χ3n) is 1.63. The maximum Gasteiger partial charge on any atom is 0.127 e. The van der Waals surface area contributed by atoms with Gasteiger partial charge in [0.2, 0.25) is 0 Å². The molecule has 1 aromatic rings. The number of nitrogens with two attached hydrogens (primary N) is 1. The smallest absolute Gasteiger partial charge is 0.127 e. The number of hydrogen-bond acceptors (Lipinski definition) is 2. The fourth-order valence-corrected chi connectivity index (χ4v) is 1.06. The first-order chi connectivity index (χ1) is 5.79. The van der Waals surface area contributed by atoms with Crippen molar-refractivity contribution < 1.29 is 4.39 Å². The van der Waals surface area contributed by atoms with Gasteiger partial charge in [-0.1, -0.05) is 6.07 Å². The molecule has 0 aliphatic carbocycles. The maximum absolute atomic E-state index is 13.0. The summed E-state index contributed by atoms with van der Waals surface area (Å²) in [5.41, 5.74) is 6.07. The summed E-state index contributed by atoms with van der Waals surface area (Å²) in [7, 11) is 0. The van der Waals surface area contributed by atoms with E-state index >= 15 is 0 Å². The van der Waals surface area contributed by atoms with Crippen LogP contribution in [0.3, 0.4) is 0 Å². The van der Waals surface area contributed by atoms with Crippen molar-refractivity contribution in [2.75, 3.05) is 6.54 Å². The highest BCUT2D eigenvalue weighted by Crippen LogP contribution is 2.12. The molecule has 0 amide bonds. The Hall–Kier alpha value is -1.40. The summed E-state index contributed by atoms with van der Waals surface area (Å²) in [6.07, 6.45) is 0.412. The Bertz CT molecular complexity index is 315. The average Bonchev–Trinajstić information content (AvgIpc) is 2.09. The molecular weight excluding hydrogens is 155 g/mol. The van der Waals surface area contributed by atoms with Crippen molar-refractivity contribution in [1.29, 1.82) is 5.26 Å². The van der Waals surface area contributed by atoms with Crippen LogP contribution in [0.5, 0.6) is 0 Å². The molecule has 0 aliphatic heterocycles. The third kappa shape index (κ3) is 1.60. The van der Waals surface area contributed by atoms with E-state index in [-0.39, 0.29) is 5.82 Å². The van der Waals surface area contributed by atoms with E-state index in [2.05, 4.69) is 0 Å². The lowest BCUT2D eigenvalue weighted by Gasteiger charge is -2.02. The summed E-state index contributed by atoms with van der Waals surface area (Å²) in [4.78, 5) is 0. The molecule has 1 aromatic carbocycles. The average molecular weight is 164 g/mol. The van der Waals surface area contributed by atoms with Crippen LogP contribution in [0.4, 0.5) is 4.39 Å². The van der Waals surface area contributed by atoms with E-state index in [9.17, 15) is 4.39 Å². The van der Waals surface area contributed by atoms with E-state index in [1.165, 1.54) is 12.1 Å². The van der Waals surface area contributed by atoms with E-state index < -0.39 is 0 Å². The van der Waals surface area contributed by atoms with Crippen LogP contribution in [0.1, 0.15) is 11.1 Å². The SMILES string of the molecule is N#Cc1cccc(F)c1CCN. The minimum Gasteiger partial charge on any atom is -0.330 e. The largest absolute Gasteiger partial charge is 0.330 e. The molecule has 2 nitrogen and oxygen atoms in total. The molecule has 0 bridgehead atoms. The van der Waals surface area contributed by atoms with Crippen LogP contribution in [-0.2, 0) is 6.42 Å². The Morgan fingerprint density at radius 1 is 1.50 bits per heavy atom. The van der Waals surface area contributed by atoms with Gasteiger partial charge in [0.15, 0.2) is 0 Å². The van der Waals surface area contributed by atoms with Crippen LogP contribution in [0, 0.1) is 17.1 Å². The monoisotopic (exact) mass is 164 g/mol. The van der Waals surface area contributed by atoms with E-state index in [1.807, 2.05) is 6.07 Å². The van der Waals surface area contributed by atoms with Crippen molar-refractivity contribution in [3.05, 3.63) is 35.1 Å². The molecule has 0 heterocycles. The van der Waals surface area contributed by atoms with Crippen LogP contribution in [0.25, 0.3) is 0 Å². The first kappa shape index (κ1) is 8.69. The summed E-state index contributed by atoms with van der Waals surface area (Å²) in [6, 6.07) is 6.38. The van der Waals surface area contributed by atoms with Crippen LogP contribution in [-0.4, -0.2) is 6.54 Å². The van der Waals surface area contributed by atoms with Crippen molar-refractivity contribution in [3.8, 4) is 6.07 Å². The number of hydrogen-bond donors (Lipinski definition) is 1. The fraction of sp³-hybridized carbons (Fsp3) is 0.222. The second-order valence-electron chi connectivity index (χ2n) is 2.42. The van der Waals surface area contributed by atoms with E-state index in [0.717, 1.165) is 0 Å². The van der Waals surface area contributed by atoms with Crippen LogP contribution in [0.15, 0.2) is 18.2 Å². The van der Waals surface area contributed by atoms with Crippen LogP contribution in [0.2, 0.25) is 0 Å². The molecule has 12 heavy (non-hydrogen) atoms. The molecule has 0 fully saturated rings. The summed E-state index contributed by atoms with van der Waals surface area (Å²) in [5.74, 6) is -0.348. The molecule has 0 aromatic heterocycles. The van der Waals surface area contributed by atoms with Crippen LogP contribution >= 0.6 is 0 Å². The second kappa shape index (κ2) is 3.84. The topological polar surface area (TPSA) is 49.8 Å². The molecule has 0 atom stereocenters. The number of halogens is 1. The number of nitriles is 1. The van der Waals surface area contributed by atoms with Gasteiger partial charge in [0.1, 0.15) is 5.82 Å². The second-order valence-corrected chi connectivity index (χ2v) is 2.42.